The molecule has 2 unspecified atom stereocenters. The third-order valence-corrected chi connectivity index (χ3v) is 3.74. The number of hydrogen-bond acceptors (Lipinski definition) is 4. The van der Waals surface area contributed by atoms with Gasteiger partial charge in [0.2, 0.25) is 0 Å². The van der Waals surface area contributed by atoms with Crippen LogP contribution in [0.15, 0.2) is 0 Å². The molecule has 1 saturated heterocycles. The highest BCUT2D eigenvalue weighted by molar-refractivity contribution is 5.67. The fraction of sp³-hybridized carbons (Fsp3) is 0.941. The van der Waals surface area contributed by atoms with Crippen molar-refractivity contribution in [2.75, 3.05) is 26.7 Å². The van der Waals surface area contributed by atoms with Gasteiger partial charge in [-0.2, -0.15) is 0 Å². The Balaban J connectivity index is 2.44. The number of ether oxygens (including phenoxy) is 1. The second-order valence-electron chi connectivity index (χ2n) is 7.98. The van der Waals surface area contributed by atoms with E-state index >= 15 is 0 Å². The summed E-state index contributed by atoms with van der Waals surface area (Å²) in [6, 6.07) is 0.812. The van der Waals surface area contributed by atoms with Crippen LogP contribution in [0.3, 0.4) is 0 Å². The minimum absolute atomic E-state index is 0.295. The van der Waals surface area contributed by atoms with Gasteiger partial charge in [-0.25, -0.2) is 4.79 Å². The molecule has 1 aliphatic heterocycles. The van der Waals surface area contributed by atoms with Crippen LogP contribution in [-0.2, 0) is 4.74 Å². The summed E-state index contributed by atoms with van der Waals surface area (Å²) in [7, 11) is 2.17. The zero-order valence-corrected chi connectivity index (χ0v) is 15.2. The Morgan fingerprint density at radius 3 is 2.59 bits per heavy atom. The van der Waals surface area contributed by atoms with Crippen molar-refractivity contribution in [2.24, 2.45) is 5.92 Å². The average Bonchev–Trinajstić information content (AvgIpc) is 2.33. The molecule has 130 valence electrons. The molecule has 1 heterocycles. The van der Waals surface area contributed by atoms with E-state index < -0.39 is 5.60 Å². The smallest absolute Gasteiger partial charge is 0.407 e. The summed E-state index contributed by atoms with van der Waals surface area (Å²) in [5.41, 5.74) is -0.447. The molecule has 0 spiro atoms. The van der Waals surface area contributed by atoms with E-state index in [2.05, 4.69) is 36.4 Å². The van der Waals surface area contributed by atoms with Crippen molar-refractivity contribution in [2.45, 2.75) is 71.6 Å². The Morgan fingerprint density at radius 1 is 1.36 bits per heavy atom. The van der Waals surface area contributed by atoms with Crippen molar-refractivity contribution in [1.29, 1.82) is 0 Å². The first-order chi connectivity index (χ1) is 10.2. The van der Waals surface area contributed by atoms with Crippen LogP contribution in [-0.4, -0.2) is 55.4 Å². The second-order valence-corrected chi connectivity index (χ2v) is 7.98. The van der Waals surface area contributed by atoms with Gasteiger partial charge in [0, 0.05) is 25.2 Å². The molecule has 0 bridgehead atoms. The van der Waals surface area contributed by atoms with E-state index in [0.717, 1.165) is 13.0 Å². The van der Waals surface area contributed by atoms with E-state index in [4.69, 9.17) is 4.74 Å². The van der Waals surface area contributed by atoms with E-state index in [1.54, 1.807) is 0 Å². The SMILES string of the molecule is CC(C)CC(CNC(=O)OC(C)(C)C)NC1CCCN(C)C1. The number of likely N-dealkylation sites (N-methyl/N-ethyl adjacent to an activating group) is 1. The number of hydrogen-bond donors (Lipinski definition) is 2. The van der Waals surface area contributed by atoms with Gasteiger partial charge in [-0.05, 0) is 59.5 Å². The molecule has 5 nitrogen and oxygen atoms in total. The lowest BCUT2D eigenvalue weighted by Gasteiger charge is -2.34. The molecule has 2 N–H and O–H groups in total. The van der Waals surface area contributed by atoms with Crippen LogP contribution in [0.1, 0.15) is 53.9 Å². The number of amides is 1. The van der Waals surface area contributed by atoms with Crippen LogP contribution in [0.25, 0.3) is 0 Å². The molecule has 0 aromatic heterocycles. The summed E-state index contributed by atoms with van der Waals surface area (Å²) < 4.78 is 5.31. The van der Waals surface area contributed by atoms with Gasteiger partial charge in [0.1, 0.15) is 5.60 Å². The molecule has 0 aliphatic carbocycles. The van der Waals surface area contributed by atoms with Crippen LogP contribution in [0.2, 0.25) is 0 Å². The average molecular weight is 313 g/mol. The van der Waals surface area contributed by atoms with Gasteiger partial charge in [-0.1, -0.05) is 13.8 Å². The summed E-state index contributed by atoms with van der Waals surface area (Å²) >= 11 is 0. The van der Waals surface area contributed by atoms with Gasteiger partial charge in [-0.15, -0.1) is 0 Å². The first-order valence-electron chi connectivity index (χ1n) is 8.57. The lowest BCUT2D eigenvalue weighted by Crippen LogP contribution is -2.51. The molecule has 1 fully saturated rings. The normalized spacial score (nSPS) is 21.7. The van der Waals surface area contributed by atoms with E-state index in [-0.39, 0.29) is 6.09 Å². The quantitative estimate of drug-likeness (QED) is 0.791. The fourth-order valence-electron chi connectivity index (χ4n) is 2.94. The minimum atomic E-state index is -0.447. The lowest BCUT2D eigenvalue weighted by molar-refractivity contribution is 0.0518. The van der Waals surface area contributed by atoms with Crippen LogP contribution in [0, 0.1) is 5.92 Å². The molecule has 0 aromatic rings. The first-order valence-corrected chi connectivity index (χ1v) is 8.57. The Bertz CT molecular complexity index is 339. The van der Waals surface area contributed by atoms with Crippen LogP contribution in [0.4, 0.5) is 4.79 Å². The first kappa shape index (κ1) is 19.2. The maximum absolute atomic E-state index is 11.8. The molecular formula is C17H35N3O2. The fourth-order valence-corrected chi connectivity index (χ4v) is 2.94. The molecule has 2 atom stereocenters. The highest BCUT2D eigenvalue weighted by Gasteiger charge is 2.22. The molecular weight excluding hydrogens is 278 g/mol. The topological polar surface area (TPSA) is 53.6 Å². The number of carbonyl (C=O) groups excluding carboxylic acids is 1. The van der Waals surface area contributed by atoms with Crippen LogP contribution < -0.4 is 10.6 Å². The number of piperidine rings is 1. The van der Waals surface area contributed by atoms with Crippen molar-refractivity contribution >= 4 is 6.09 Å². The highest BCUT2D eigenvalue weighted by Crippen LogP contribution is 2.12. The van der Waals surface area contributed by atoms with Crippen molar-refractivity contribution < 1.29 is 9.53 Å². The summed E-state index contributed by atoms with van der Waals surface area (Å²) in [6.07, 6.45) is 3.17. The number of carbonyl (C=O) groups is 1. The largest absolute Gasteiger partial charge is 0.444 e. The molecule has 1 amide bonds. The number of alkyl carbamates (subject to hydrolysis) is 1. The van der Waals surface area contributed by atoms with Gasteiger partial charge < -0.3 is 20.3 Å². The Kier molecular flexibility index (Phi) is 7.63. The maximum Gasteiger partial charge on any atom is 0.407 e. The summed E-state index contributed by atoms with van der Waals surface area (Å²) in [5.74, 6) is 0.597. The number of rotatable bonds is 6. The molecule has 0 saturated carbocycles. The second kappa shape index (κ2) is 8.73. The number of nitrogens with zero attached hydrogens (tertiary/aromatic N) is 1. The lowest BCUT2D eigenvalue weighted by atomic mass is 10.00. The molecule has 22 heavy (non-hydrogen) atoms. The molecule has 0 aromatic carbocycles. The van der Waals surface area contributed by atoms with Gasteiger partial charge >= 0.3 is 6.09 Å². The summed E-state index contributed by atoms with van der Waals surface area (Å²) in [6.45, 7) is 13.0. The van der Waals surface area contributed by atoms with Gasteiger partial charge in [0.05, 0.1) is 0 Å². The van der Waals surface area contributed by atoms with Crippen molar-refractivity contribution in [3.63, 3.8) is 0 Å². The third-order valence-electron chi connectivity index (χ3n) is 3.74. The zero-order valence-electron chi connectivity index (χ0n) is 15.2. The number of nitrogens with one attached hydrogen (secondary N) is 2. The predicted molar refractivity (Wildman–Crippen MR) is 91.1 cm³/mol. The third kappa shape index (κ3) is 8.59. The zero-order chi connectivity index (χ0) is 16.8. The van der Waals surface area contributed by atoms with E-state index in [9.17, 15) is 4.79 Å². The van der Waals surface area contributed by atoms with Gasteiger partial charge in [0.25, 0.3) is 0 Å². The Labute approximate surface area is 136 Å². The van der Waals surface area contributed by atoms with Crippen molar-refractivity contribution in [3.8, 4) is 0 Å². The maximum atomic E-state index is 11.8. The van der Waals surface area contributed by atoms with Crippen LogP contribution in [0.5, 0.6) is 0 Å². The highest BCUT2D eigenvalue weighted by atomic mass is 16.6. The minimum Gasteiger partial charge on any atom is -0.444 e. The van der Waals surface area contributed by atoms with Crippen molar-refractivity contribution in [1.82, 2.24) is 15.5 Å². The molecule has 5 heteroatoms. The van der Waals surface area contributed by atoms with Crippen LogP contribution >= 0.6 is 0 Å². The Morgan fingerprint density at radius 2 is 2.05 bits per heavy atom. The van der Waals surface area contributed by atoms with E-state index in [1.165, 1.54) is 19.4 Å². The molecule has 1 rings (SSSR count). The Hall–Kier alpha value is -0.810. The predicted octanol–water partition coefficient (Wildman–Crippen LogP) is 2.61. The van der Waals surface area contributed by atoms with E-state index in [0.29, 0.717) is 24.5 Å². The van der Waals surface area contributed by atoms with Crippen molar-refractivity contribution in [3.05, 3.63) is 0 Å². The monoisotopic (exact) mass is 313 g/mol. The van der Waals surface area contributed by atoms with E-state index in [1.807, 2.05) is 20.8 Å². The van der Waals surface area contributed by atoms with Gasteiger partial charge in [-0.3, -0.25) is 0 Å². The van der Waals surface area contributed by atoms with Gasteiger partial charge in [0.15, 0.2) is 0 Å². The summed E-state index contributed by atoms with van der Waals surface area (Å²) in [4.78, 5) is 14.2. The summed E-state index contributed by atoms with van der Waals surface area (Å²) in [5, 5.41) is 6.63. The molecule has 0 radical (unpaired) electrons. The standard InChI is InChI=1S/C17H35N3O2/c1-13(2)10-15(11-18-16(21)22-17(3,4)5)19-14-8-7-9-20(6)12-14/h13-15,19H,7-12H2,1-6H3,(H,18,21). The molecule has 1 aliphatic rings. The number of likely N-dealkylation sites (tertiary alicyclic amines) is 1.